The van der Waals surface area contributed by atoms with E-state index in [2.05, 4.69) is 32.2 Å². The molecule has 4 aromatic heterocycles. The second-order valence-electron chi connectivity index (χ2n) is 14.0. The highest BCUT2D eigenvalue weighted by Gasteiger charge is 2.20. The van der Waals surface area contributed by atoms with Gasteiger partial charge in [0.2, 0.25) is 5.95 Å². The van der Waals surface area contributed by atoms with Crippen molar-refractivity contribution in [2.24, 2.45) is 5.73 Å². The first-order chi connectivity index (χ1) is 25.5. The number of thioether (sulfide) groups is 1. The van der Waals surface area contributed by atoms with Crippen LogP contribution in [-0.4, -0.2) is 92.8 Å². The molecule has 14 nitrogen and oxygen atoms in total. The maximum Gasteiger partial charge on any atom is 0.255 e. The number of anilines is 1. The fourth-order valence-electron chi connectivity index (χ4n) is 6.42. The van der Waals surface area contributed by atoms with Crippen LogP contribution in [0.15, 0.2) is 39.3 Å². The highest BCUT2D eigenvalue weighted by Crippen LogP contribution is 2.22. The Kier molecular flexibility index (Phi) is 19.0. The van der Waals surface area contributed by atoms with Crippen LogP contribution in [0.1, 0.15) is 103 Å². The van der Waals surface area contributed by atoms with Crippen molar-refractivity contribution in [1.82, 2.24) is 29.1 Å². The summed E-state index contributed by atoms with van der Waals surface area (Å²) in [6.45, 7) is 6.71. The molecule has 2 aliphatic rings. The van der Waals surface area contributed by atoms with Crippen LogP contribution in [0.2, 0.25) is 0 Å². The fourth-order valence-corrected chi connectivity index (χ4v) is 7.31. The van der Waals surface area contributed by atoms with Gasteiger partial charge < -0.3 is 31.5 Å². The van der Waals surface area contributed by atoms with E-state index < -0.39 is 0 Å². The number of nitrogens with zero attached hydrogens (tertiary/aromatic N) is 6. The van der Waals surface area contributed by atoms with Gasteiger partial charge in [-0.2, -0.15) is 4.98 Å². The van der Waals surface area contributed by atoms with Gasteiger partial charge in [-0.1, -0.05) is 32.5 Å². The summed E-state index contributed by atoms with van der Waals surface area (Å²) in [5.74, 6) is 1.49. The molecule has 54 heavy (non-hydrogen) atoms. The molecule has 0 aliphatic heterocycles. The van der Waals surface area contributed by atoms with Crippen LogP contribution < -0.4 is 22.2 Å². The van der Waals surface area contributed by atoms with Crippen LogP contribution >= 0.6 is 11.8 Å². The number of aryl methyl sites for hydroxylation is 4. The average molecular weight is 771 g/mol. The number of hydrogen-bond acceptors (Lipinski definition) is 13. The second-order valence-corrected chi connectivity index (χ2v) is 15.1. The van der Waals surface area contributed by atoms with Crippen molar-refractivity contribution < 1.29 is 20.4 Å². The van der Waals surface area contributed by atoms with E-state index in [9.17, 15) is 14.7 Å². The maximum absolute atomic E-state index is 12.4. The Labute approximate surface area is 322 Å². The molecule has 4 aromatic rings. The van der Waals surface area contributed by atoms with Crippen LogP contribution in [0.3, 0.4) is 0 Å². The van der Waals surface area contributed by atoms with Gasteiger partial charge in [0.05, 0.1) is 12.2 Å². The molecular formula is C39H62N8O6S. The Bertz CT molecular complexity index is 1850. The van der Waals surface area contributed by atoms with Crippen LogP contribution in [-0.2, 0) is 13.1 Å². The van der Waals surface area contributed by atoms with Crippen LogP contribution in [0.4, 0.5) is 5.95 Å². The molecular weight excluding hydrogens is 709 g/mol. The van der Waals surface area contributed by atoms with Crippen molar-refractivity contribution >= 4 is 39.8 Å². The number of unbranched alkanes of at least 4 members (excludes halogenated alkanes) is 1. The highest BCUT2D eigenvalue weighted by molar-refractivity contribution is 7.99. The maximum atomic E-state index is 12.4. The summed E-state index contributed by atoms with van der Waals surface area (Å²) in [5, 5.41) is 42.3. The predicted octanol–water partition coefficient (Wildman–Crippen LogP) is 4.46. The normalized spacial score (nSPS) is 19.6. The minimum absolute atomic E-state index is 0. The number of aliphatic hydroxyl groups excluding tert-OH is 4. The van der Waals surface area contributed by atoms with E-state index >= 15 is 0 Å². The monoisotopic (exact) mass is 770 g/mol. The summed E-state index contributed by atoms with van der Waals surface area (Å²) in [6.07, 6.45) is 13.7. The first-order valence-electron chi connectivity index (χ1n) is 19.0. The number of fused-ring (bicyclic) bond motifs is 2. The highest BCUT2D eigenvalue weighted by atomic mass is 32.2. The zero-order chi connectivity index (χ0) is 38.3. The predicted molar refractivity (Wildman–Crippen MR) is 217 cm³/mol. The van der Waals surface area contributed by atoms with Gasteiger partial charge in [-0.05, 0) is 96.6 Å². The van der Waals surface area contributed by atoms with Gasteiger partial charge in [0, 0.05) is 78.4 Å². The lowest BCUT2D eigenvalue weighted by atomic mass is 9.93. The third-order valence-electron chi connectivity index (χ3n) is 9.57. The number of pyridine rings is 2. The van der Waals surface area contributed by atoms with E-state index in [1.807, 2.05) is 6.07 Å². The van der Waals surface area contributed by atoms with Crippen LogP contribution in [0, 0.1) is 13.8 Å². The molecule has 15 heteroatoms. The van der Waals surface area contributed by atoms with Crippen molar-refractivity contribution in [2.45, 2.75) is 148 Å². The average Bonchev–Trinajstić information content (AvgIpc) is 3.15. The Morgan fingerprint density at radius 3 is 1.78 bits per heavy atom. The first-order valence-corrected chi connectivity index (χ1v) is 20.0. The SMILES string of the molecule is C.CCCCSc1ncc2cc(C)c(=O)n(CCCO)c2n1.Cc1cc2cnc(NC3CCC(O)CC3)nc2n(CCCO)c1=O.NC1CCC(O)CC1. The summed E-state index contributed by atoms with van der Waals surface area (Å²) in [5.41, 5.74) is 8.03. The Hall–Kier alpha value is -3.47. The molecule has 2 fully saturated rings. The van der Waals surface area contributed by atoms with Crippen LogP contribution in [0.5, 0.6) is 0 Å². The van der Waals surface area contributed by atoms with Gasteiger partial charge in [-0.3, -0.25) is 18.7 Å². The molecule has 2 saturated carbocycles. The third-order valence-corrected chi connectivity index (χ3v) is 10.5. The topological polar surface area (TPSA) is 215 Å². The Morgan fingerprint density at radius 2 is 1.28 bits per heavy atom. The minimum atomic E-state index is -0.202. The summed E-state index contributed by atoms with van der Waals surface area (Å²) in [7, 11) is 0. The lowest BCUT2D eigenvalue weighted by Crippen LogP contribution is -2.29. The van der Waals surface area contributed by atoms with Crippen molar-refractivity contribution in [3.05, 3.63) is 56.4 Å². The fraction of sp³-hybridized carbons (Fsp3) is 0.641. The smallest absolute Gasteiger partial charge is 0.255 e. The van der Waals surface area contributed by atoms with Gasteiger partial charge in [-0.15, -0.1) is 0 Å². The molecule has 0 aromatic carbocycles. The lowest BCUT2D eigenvalue weighted by Gasteiger charge is -2.26. The summed E-state index contributed by atoms with van der Waals surface area (Å²) >= 11 is 1.62. The minimum Gasteiger partial charge on any atom is -0.396 e. The first kappa shape index (κ1) is 44.9. The number of nitrogens with two attached hydrogens (primary N) is 1. The number of nitrogens with one attached hydrogen (secondary N) is 1. The number of rotatable bonds is 12. The number of aliphatic hydroxyl groups is 4. The zero-order valence-corrected chi connectivity index (χ0v) is 32.2. The van der Waals surface area contributed by atoms with Crippen molar-refractivity contribution in [3.8, 4) is 0 Å². The van der Waals surface area contributed by atoms with E-state index in [4.69, 9.17) is 21.1 Å². The van der Waals surface area contributed by atoms with E-state index in [1.165, 1.54) is 0 Å². The second kappa shape index (κ2) is 22.8. The van der Waals surface area contributed by atoms with E-state index in [1.54, 1.807) is 53.2 Å². The molecule has 2 aliphatic carbocycles. The van der Waals surface area contributed by atoms with Gasteiger partial charge in [0.1, 0.15) is 11.3 Å². The van der Waals surface area contributed by atoms with E-state index in [0.29, 0.717) is 65.5 Å². The Balaban J connectivity index is 0.000000239. The molecule has 0 spiro atoms. The molecule has 7 N–H and O–H groups in total. The molecule has 0 saturated heterocycles. The molecule has 300 valence electrons. The largest absolute Gasteiger partial charge is 0.396 e. The van der Waals surface area contributed by atoms with Gasteiger partial charge in [-0.25, -0.2) is 15.0 Å². The standard InChI is InChI=1S/C17H24N4O3.C15H21N3O2S.C6H13NO.CH4/c1-11-9-12-10-18-17(19-13-3-5-14(23)6-4-13)20-15(12)21(16(11)24)7-2-8-22;1-3-4-8-21-15-16-10-12-9-11(2)14(20)18(6-5-7-19)13(12)17-15;7-5-1-3-6(8)4-2-5;/h9-10,13-14,22-23H,2-8H2,1H3,(H,18,19,20);9-10,19H,3-8H2,1-2H3;5-6,8H,1-4,7H2;1H4. The lowest BCUT2D eigenvalue weighted by molar-refractivity contribution is 0.123. The molecule has 6 rings (SSSR count). The molecule has 0 atom stereocenters. The number of aromatic nitrogens is 6. The molecule has 4 heterocycles. The Morgan fingerprint density at radius 1 is 0.778 bits per heavy atom. The third kappa shape index (κ3) is 13.1. The van der Waals surface area contributed by atoms with Crippen molar-refractivity contribution in [3.63, 3.8) is 0 Å². The number of hydrogen-bond donors (Lipinski definition) is 6. The molecule has 0 bridgehead atoms. The van der Waals surface area contributed by atoms with Crippen molar-refractivity contribution in [1.29, 1.82) is 0 Å². The van der Waals surface area contributed by atoms with Crippen molar-refractivity contribution in [2.75, 3.05) is 24.3 Å². The molecule has 0 amide bonds. The summed E-state index contributed by atoms with van der Waals surface area (Å²) in [6, 6.07) is 4.23. The van der Waals surface area contributed by atoms with Gasteiger partial charge >= 0.3 is 0 Å². The van der Waals surface area contributed by atoms with E-state index in [-0.39, 0.29) is 50.0 Å². The summed E-state index contributed by atoms with van der Waals surface area (Å²) in [4.78, 5) is 42.5. The van der Waals surface area contributed by atoms with Gasteiger partial charge in [0.15, 0.2) is 5.16 Å². The molecule has 0 unspecified atom stereocenters. The van der Waals surface area contributed by atoms with Crippen LogP contribution in [0.25, 0.3) is 22.1 Å². The molecule has 0 radical (unpaired) electrons. The van der Waals surface area contributed by atoms with Gasteiger partial charge in [0.25, 0.3) is 11.1 Å². The zero-order valence-electron chi connectivity index (χ0n) is 31.4. The van der Waals surface area contributed by atoms with E-state index in [0.717, 1.165) is 80.7 Å². The quantitative estimate of drug-likeness (QED) is 0.0668. The summed E-state index contributed by atoms with van der Waals surface area (Å²) < 4.78 is 3.25.